The summed E-state index contributed by atoms with van der Waals surface area (Å²) in [4.78, 5) is 10.0. The molecule has 1 aromatic carbocycles. The molecule has 1 unspecified atom stereocenters. The summed E-state index contributed by atoms with van der Waals surface area (Å²) in [5.74, 6) is 0.482. The van der Waals surface area contributed by atoms with E-state index in [9.17, 15) is 4.39 Å². The van der Waals surface area contributed by atoms with Crippen LogP contribution >= 0.6 is 11.6 Å². The standard InChI is InChI=1S/C14H15ClFN3/c1-9-13(15)17-8-18-14(9)19(3)10(2)11-6-4-5-7-12(11)16/h4-8,10H,1-3H3. The average molecular weight is 280 g/mol. The summed E-state index contributed by atoms with van der Waals surface area (Å²) in [7, 11) is 1.86. The van der Waals surface area contributed by atoms with Gasteiger partial charge in [0, 0.05) is 18.2 Å². The molecule has 19 heavy (non-hydrogen) atoms. The lowest BCUT2D eigenvalue weighted by Gasteiger charge is -2.27. The van der Waals surface area contributed by atoms with E-state index >= 15 is 0 Å². The van der Waals surface area contributed by atoms with Crippen molar-refractivity contribution in [2.45, 2.75) is 19.9 Å². The van der Waals surface area contributed by atoms with Gasteiger partial charge in [0.1, 0.15) is 23.1 Å². The minimum atomic E-state index is -0.223. The molecule has 0 N–H and O–H groups in total. The quantitative estimate of drug-likeness (QED) is 0.801. The first-order valence-electron chi connectivity index (χ1n) is 5.96. The molecule has 0 saturated carbocycles. The fourth-order valence-corrected chi connectivity index (χ4v) is 2.11. The van der Waals surface area contributed by atoms with Gasteiger partial charge in [-0.05, 0) is 19.9 Å². The molecule has 3 nitrogen and oxygen atoms in total. The van der Waals surface area contributed by atoms with Gasteiger partial charge < -0.3 is 4.90 Å². The number of nitrogens with zero attached hydrogens (tertiary/aromatic N) is 3. The molecule has 0 bridgehead atoms. The van der Waals surface area contributed by atoms with E-state index < -0.39 is 0 Å². The second-order valence-electron chi connectivity index (χ2n) is 4.42. The normalized spacial score (nSPS) is 12.3. The second kappa shape index (κ2) is 5.53. The number of rotatable bonds is 3. The van der Waals surface area contributed by atoms with Crippen LogP contribution in [0.4, 0.5) is 10.2 Å². The summed E-state index contributed by atoms with van der Waals surface area (Å²) in [5.41, 5.74) is 1.41. The summed E-state index contributed by atoms with van der Waals surface area (Å²) in [6.45, 7) is 3.77. The molecule has 2 rings (SSSR count). The zero-order valence-electron chi connectivity index (χ0n) is 11.1. The summed E-state index contributed by atoms with van der Waals surface area (Å²) in [6.07, 6.45) is 1.41. The van der Waals surface area contributed by atoms with Crippen LogP contribution in [0.1, 0.15) is 24.1 Å². The van der Waals surface area contributed by atoms with E-state index in [-0.39, 0.29) is 11.9 Å². The molecule has 1 aromatic heterocycles. The lowest BCUT2D eigenvalue weighted by atomic mass is 10.1. The highest BCUT2D eigenvalue weighted by Crippen LogP contribution is 2.29. The monoisotopic (exact) mass is 279 g/mol. The van der Waals surface area contributed by atoms with Crippen LogP contribution < -0.4 is 4.90 Å². The fraction of sp³-hybridized carbons (Fsp3) is 0.286. The van der Waals surface area contributed by atoms with Crippen LogP contribution in [0.3, 0.4) is 0 Å². The van der Waals surface area contributed by atoms with Crippen molar-refractivity contribution in [1.82, 2.24) is 9.97 Å². The van der Waals surface area contributed by atoms with Crippen LogP contribution in [0.5, 0.6) is 0 Å². The molecule has 5 heteroatoms. The zero-order chi connectivity index (χ0) is 14.0. The minimum absolute atomic E-state index is 0.147. The molecule has 0 aliphatic rings. The van der Waals surface area contributed by atoms with Gasteiger partial charge >= 0.3 is 0 Å². The van der Waals surface area contributed by atoms with Gasteiger partial charge in [0.2, 0.25) is 0 Å². The van der Waals surface area contributed by atoms with Crippen molar-refractivity contribution < 1.29 is 4.39 Å². The van der Waals surface area contributed by atoms with Gasteiger partial charge in [0.05, 0.1) is 6.04 Å². The van der Waals surface area contributed by atoms with Crippen molar-refractivity contribution in [2.75, 3.05) is 11.9 Å². The third-order valence-corrected chi connectivity index (χ3v) is 3.65. The topological polar surface area (TPSA) is 29.0 Å². The molecular formula is C14H15ClFN3. The highest BCUT2D eigenvalue weighted by molar-refractivity contribution is 6.30. The van der Waals surface area contributed by atoms with E-state index in [1.807, 2.05) is 31.9 Å². The predicted octanol–water partition coefficient (Wildman–Crippen LogP) is 3.77. The van der Waals surface area contributed by atoms with Crippen molar-refractivity contribution >= 4 is 17.4 Å². The largest absolute Gasteiger partial charge is 0.352 e. The fourth-order valence-electron chi connectivity index (χ4n) is 1.98. The van der Waals surface area contributed by atoms with E-state index in [2.05, 4.69) is 9.97 Å². The molecule has 2 aromatic rings. The van der Waals surface area contributed by atoms with Gasteiger partial charge in [-0.25, -0.2) is 14.4 Å². The maximum atomic E-state index is 13.8. The predicted molar refractivity (Wildman–Crippen MR) is 75.0 cm³/mol. The third-order valence-electron chi connectivity index (χ3n) is 3.27. The number of hydrogen-bond donors (Lipinski definition) is 0. The van der Waals surface area contributed by atoms with E-state index in [0.29, 0.717) is 16.5 Å². The maximum absolute atomic E-state index is 13.8. The first-order chi connectivity index (χ1) is 9.02. The van der Waals surface area contributed by atoms with Crippen LogP contribution in [-0.4, -0.2) is 17.0 Å². The Morgan fingerprint density at radius 3 is 2.63 bits per heavy atom. The highest BCUT2D eigenvalue weighted by Gasteiger charge is 2.19. The van der Waals surface area contributed by atoms with Crippen molar-refractivity contribution in [2.24, 2.45) is 0 Å². The second-order valence-corrected chi connectivity index (χ2v) is 4.78. The number of hydrogen-bond acceptors (Lipinski definition) is 3. The van der Waals surface area contributed by atoms with Crippen molar-refractivity contribution in [3.8, 4) is 0 Å². The van der Waals surface area contributed by atoms with Gasteiger partial charge in [-0.2, -0.15) is 0 Å². The molecular weight excluding hydrogens is 265 g/mol. The molecule has 1 heterocycles. The SMILES string of the molecule is Cc1c(Cl)ncnc1N(C)C(C)c1ccccc1F. The van der Waals surface area contributed by atoms with Crippen LogP contribution in [0, 0.1) is 12.7 Å². The molecule has 0 saturated heterocycles. The van der Waals surface area contributed by atoms with E-state index in [1.165, 1.54) is 12.4 Å². The number of benzene rings is 1. The van der Waals surface area contributed by atoms with Gasteiger partial charge in [-0.3, -0.25) is 0 Å². The highest BCUT2D eigenvalue weighted by atomic mass is 35.5. The van der Waals surface area contributed by atoms with Gasteiger partial charge in [0.15, 0.2) is 0 Å². The van der Waals surface area contributed by atoms with Crippen molar-refractivity contribution in [1.29, 1.82) is 0 Å². The summed E-state index contributed by atoms with van der Waals surface area (Å²) >= 11 is 5.99. The van der Waals surface area contributed by atoms with Crippen LogP contribution in [-0.2, 0) is 0 Å². The minimum Gasteiger partial charge on any atom is -0.352 e. The Bertz CT molecular complexity index is 589. The molecule has 0 fully saturated rings. The molecule has 0 aliphatic carbocycles. The maximum Gasteiger partial charge on any atom is 0.137 e. The lowest BCUT2D eigenvalue weighted by molar-refractivity contribution is 0.583. The molecule has 1 atom stereocenters. The number of anilines is 1. The summed E-state index contributed by atoms with van der Waals surface area (Å²) in [5, 5.41) is 0.414. The smallest absolute Gasteiger partial charge is 0.137 e. The third kappa shape index (κ3) is 2.68. The molecule has 100 valence electrons. The summed E-state index contributed by atoms with van der Waals surface area (Å²) in [6, 6.07) is 6.58. The Hall–Kier alpha value is -1.68. The van der Waals surface area contributed by atoms with Crippen molar-refractivity contribution in [3.05, 3.63) is 52.7 Å². The van der Waals surface area contributed by atoms with E-state index in [0.717, 1.165) is 5.56 Å². The van der Waals surface area contributed by atoms with Crippen LogP contribution in [0.2, 0.25) is 5.15 Å². The van der Waals surface area contributed by atoms with Gasteiger partial charge in [0.25, 0.3) is 0 Å². The Kier molecular flexibility index (Phi) is 4.00. The molecule has 0 amide bonds. The zero-order valence-corrected chi connectivity index (χ0v) is 11.8. The number of aromatic nitrogens is 2. The molecule has 0 radical (unpaired) electrons. The van der Waals surface area contributed by atoms with E-state index in [1.54, 1.807) is 12.1 Å². The Balaban J connectivity index is 2.37. The Morgan fingerprint density at radius 1 is 1.26 bits per heavy atom. The molecule has 0 aliphatic heterocycles. The molecule has 0 spiro atoms. The van der Waals surface area contributed by atoms with Crippen LogP contribution in [0.15, 0.2) is 30.6 Å². The first-order valence-corrected chi connectivity index (χ1v) is 6.34. The van der Waals surface area contributed by atoms with Crippen molar-refractivity contribution in [3.63, 3.8) is 0 Å². The van der Waals surface area contributed by atoms with Gasteiger partial charge in [-0.1, -0.05) is 29.8 Å². The lowest BCUT2D eigenvalue weighted by Crippen LogP contribution is -2.24. The average Bonchev–Trinajstić information content (AvgIpc) is 2.41. The van der Waals surface area contributed by atoms with E-state index in [4.69, 9.17) is 11.6 Å². The Morgan fingerprint density at radius 2 is 1.95 bits per heavy atom. The van der Waals surface area contributed by atoms with Gasteiger partial charge in [-0.15, -0.1) is 0 Å². The summed E-state index contributed by atoms with van der Waals surface area (Å²) < 4.78 is 13.8. The first kappa shape index (κ1) is 13.7. The number of halogens is 2. The Labute approximate surface area is 117 Å². The van der Waals surface area contributed by atoms with Crippen LogP contribution in [0.25, 0.3) is 0 Å².